The van der Waals surface area contributed by atoms with Gasteiger partial charge >= 0.3 is 0 Å². The van der Waals surface area contributed by atoms with E-state index in [2.05, 4.69) is 10.1 Å². The molecule has 182 valence electrons. The number of para-hydroxylation sites is 1. The van der Waals surface area contributed by atoms with E-state index < -0.39 is 0 Å². The summed E-state index contributed by atoms with van der Waals surface area (Å²) in [6.07, 6.45) is 7.58. The van der Waals surface area contributed by atoms with Crippen LogP contribution >= 0.6 is 22.7 Å². The summed E-state index contributed by atoms with van der Waals surface area (Å²) >= 11 is 2.95. The Labute approximate surface area is 220 Å². The van der Waals surface area contributed by atoms with Crippen LogP contribution in [-0.4, -0.2) is 31.5 Å². The van der Waals surface area contributed by atoms with Crippen LogP contribution < -0.4 is 14.8 Å². The average molecular weight is 524 g/mol. The Bertz CT molecular complexity index is 1850. The van der Waals surface area contributed by atoms with E-state index in [0.29, 0.717) is 15.3 Å². The van der Waals surface area contributed by atoms with E-state index >= 15 is 0 Å². The fourth-order valence-electron chi connectivity index (χ4n) is 4.05. The second-order valence-corrected chi connectivity index (χ2v) is 10.3. The number of ether oxygens (including phenoxy) is 1. The van der Waals surface area contributed by atoms with Crippen molar-refractivity contribution in [2.75, 3.05) is 7.11 Å². The van der Waals surface area contributed by atoms with Gasteiger partial charge in [0.25, 0.3) is 5.56 Å². The Morgan fingerprint density at radius 3 is 2.59 bits per heavy atom. The molecule has 0 saturated carbocycles. The smallest absolute Gasteiger partial charge is 0.291 e. The van der Waals surface area contributed by atoms with E-state index in [1.165, 1.54) is 15.9 Å². The highest BCUT2D eigenvalue weighted by Crippen LogP contribution is 2.30. The number of nitrogens with zero attached hydrogens (tertiary/aromatic N) is 5. The molecule has 7 nitrogen and oxygen atoms in total. The largest absolute Gasteiger partial charge is 0.497 e. The zero-order chi connectivity index (χ0) is 25.4. The van der Waals surface area contributed by atoms with Crippen LogP contribution in [0, 0.1) is 6.92 Å². The van der Waals surface area contributed by atoms with E-state index in [1.54, 1.807) is 18.4 Å². The third-order valence-electron chi connectivity index (χ3n) is 5.88. The topological polar surface area (TPSA) is 74.3 Å². The molecule has 6 aromatic rings. The fourth-order valence-corrected chi connectivity index (χ4v) is 5.57. The van der Waals surface area contributed by atoms with Crippen molar-refractivity contribution in [2.24, 2.45) is 0 Å². The molecular weight excluding hydrogens is 502 g/mol. The molecule has 0 atom stereocenters. The lowest BCUT2D eigenvalue weighted by molar-refractivity contribution is 0.414. The monoisotopic (exact) mass is 523 g/mol. The predicted molar refractivity (Wildman–Crippen MR) is 149 cm³/mol. The van der Waals surface area contributed by atoms with Gasteiger partial charge in [-0.3, -0.25) is 4.79 Å². The highest BCUT2D eigenvalue weighted by Gasteiger charge is 2.15. The summed E-state index contributed by atoms with van der Waals surface area (Å²) in [5, 5.41) is 11.3. The van der Waals surface area contributed by atoms with E-state index in [1.807, 2.05) is 102 Å². The molecule has 0 bridgehead atoms. The molecule has 0 N–H and O–H groups in total. The second-order valence-electron chi connectivity index (χ2n) is 8.32. The number of rotatable bonds is 6. The molecule has 0 radical (unpaired) electrons. The minimum atomic E-state index is -0.201. The molecule has 6 rings (SSSR count). The van der Waals surface area contributed by atoms with Gasteiger partial charge in [-0.05, 0) is 72.5 Å². The van der Waals surface area contributed by atoms with Gasteiger partial charge < -0.3 is 4.74 Å². The van der Waals surface area contributed by atoms with Crippen LogP contribution in [0.5, 0.6) is 5.75 Å². The van der Waals surface area contributed by atoms with Gasteiger partial charge in [-0.15, -0.1) is 16.4 Å². The summed E-state index contributed by atoms with van der Waals surface area (Å²) in [5.74, 6) is 1.29. The van der Waals surface area contributed by atoms with Crippen LogP contribution in [0.2, 0.25) is 0 Å². The number of thiazole rings is 1. The number of hydrogen-bond donors (Lipinski definition) is 0. The Hall–Kier alpha value is -4.34. The summed E-state index contributed by atoms with van der Waals surface area (Å²) in [6.45, 7) is 2.02. The molecule has 37 heavy (non-hydrogen) atoms. The number of benzene rings is 2. The van der Waals surface area contributed by atoms with Crippen LogP contribution in [0.4, 0.5) is 0 Å². The molecule has 0 amide bonds. The molecule has 4 aromatic heterocycles. The standard InChI is InChI=1S/C28H21N5O2S2/c1-18-15-21(35-2)10-12-23(18)26-19(17-32(31-26)20-7-4-3-5-8-20)16-24-27(34)33-28(37-24)29-25(30-33)13-11-22-9-6-14-36-22/h3-17H,1-2H3/b13-11+,24-16-. The third kappa shape index (κ3) is 4.50. The normalized spacial score (nSPS) is 12.2. The zero-order valence-electron chi connectivity index (χ0n) is 20.0. The lowest BCUT2D eigenvalue weighted by Crippen LogP contribution is -2.23. The second kappa shape index (κ2) is 9.61. The van der Waals surface area contributed by atoms with Gasteiger partial charge in [0.2, 0.25) is 4.96 Å². The first-order valence-corrected chi connectivity index (χ1v) is 13.2. The predicted octanol–water partition coefficient (Wildman–Crippen LogP) is 5.10. The number of aromatic nitrogens is 5. The van der Waals surface area contributed by atoms with Crippen molar-refractivity contribution in [1.29, 1.82) is 0 Å². The highest BCUT2D eigenvalue weighted by atomic mass is 32.1. The SMILES string of the molecule is COc1ccc(-c2nn(-c3ccccc3)cc2/C=c2\sc3nc(/C=C/c4cccs4)nn3c2=O)c(C)c1. The van der Waals surface area contributed by atoms with Gasteiger partial charge in [-0.1, -0.05) is 35.6 Å². The van der Waals surface area contributed by atoms with Crippen LogP contribution in [0.1, 0.15) is 21.8 Å². The number of methoxy groups -OCH3 is 1. The van der Waals surface area contributed by atoms with Crippen molar-refractivity contribution < 1.29 is 4.74 Å². The highest BCUT2D eigenvalue weighted by molar-refractivity contribution is 7.15. The molecule has 4 heterocycles. The van der Waals surface area contributed by atoms with E-state index in [0.717, 1.165) is 38.7 Å². The van der Waals surface area contributed by atoms with Crippen molar-refractivity contribution in [3.05, 3.63) is 109 Å². The van der Waals surface area contributed by atoms with E-state index in [9.17, 15) is 4.79 Å². The number of aryl methyl sites for hydroxylation is 1. The Morgan fingerprint density at radius 2 is 1.86 bits per heavy atom. The van der Waals surface area contributed by atoms with Gasteiger partial charge in [0, 0.05) is 22.2 Å². The van der Waals surface area contributed by atoms with Crippen molar-refractivity contribution >= 4 is 45.9 Å². The van der Waals surface area contributed by atoms with Crippen LogP contribution in [0.15, 0.2) is 77.0 Å². The Balaban J connectivity index is 1.45. The summed E-state index contributed by atoms with van der Waals surface area (Å²) in [5.41, 5.74) is 4.34. The molecule has 0 aliphatic rings. The molecule has 0 saturated heterocycles. The fraction of sp³-hybridized carbons (Fsp3) is 0.0714. The van der Waals surface area contributed by atoms with Crippen molar-refractivity contribution in [1.82, 2.24) is 24.4 Å². The van der Waals surface area contributed by atoms with E-state index in [4.69, 9.17) is 9.84 Å². The molecule has 0 aliphatic carbocycles. The summed E-state index contributed by atoms with van der Waals surface area (Å²) in [4.78, 5) is 19.4. The summed E-state index contributed by atoms with van der Waals surface area (Å²) in [6, 6.07) is 19.8. The van der Waals surface area contributed by atoms with Crippen LogP contribution in [0.25, 0.3) is 40.1 Å². The minimum Gasteiger partial charge on any atom is -0.497 e. The minimum absolute atomic E-state index is 0.201. The quantitative estimate of drug-likeness (QED) is 0.304. The molecular formula is C28H21N5O2S2. The Kier molecular flexibility index (Phi) is 5.99. The molecule has 0 aliphatic heterocycles. The number of hydrogen-bond acceptors (Lipinski definition) is 7. The third-order valence-corrected chi connectivity index (χ3v) is 7.67. The number of fused-ring (bicyclic) bond motifs is 1. The first kappa shape index (κ1) is 23.1. The van der Waals surface area contributed by atoms with Crippen molar-refractivity contribution in [3.8, 4) is 22.7 Å². The Morgan fingerprint density at radius 1 is 1.00 bits per heavy atom. The summed E-state index contributed by atoms with van der Waals surface area (Å²) in [7, 11) is 1.65. The van der Waals surface area contributed by atoms with Crippen molar-refractivity contribution in [3.63, 3.8) is 0 Å². The van der Waals surface area contributed by atoms with Crippen LogP contribution in [0.3, 0.4) is 0 Å². The molecule has 0 fully saturated rings. The lowest BCUT2D eigenvalue weighted by atomic mass is 10.0. The maximum absolute atomic E-state index is 13.2. The molecule has 0 unspecified atom stereocenters. The number of thiophene rings is 1. The first-order chi connectivity index (χ1) is 18.1. The van der Waals surface area contributed by atoms with E-state index in [-0.39, 0.29) is 5.56 Å². The molecule has 9 heteroatoms. The maximum atomic E-state index is 13.2. The average Bonchev–Trinajstić information content (AvgIpc) is 3.70. The van der Waals surface area contributed by atoms with Crippen molar-refractivity contribution in [2.45, 2.75) is 6.92 Å². The lowest BCUT2D eigenvalue weighted by Gasteiger charge is -2.07. The summed E-state index contributed by atoms with van der Waals surface area (Å²) < 4.78 is 9.12. The van der Waals surface area contributed by atoms with Gasteiger partial charge in [0.05, 0.1) is 17.3 Å². The molecule has 2 aromatic carbocycles. The van der Waals surface area contributed by atoms with Gasteiger partial charge in [-0.2, -0.15) is 14.6 Å². The zero-order valence-corrected chi connectivity index (χ0v) is 21.7. The first-order valence-electron chi connectivity index (χ1n) is 11.5. The molecule has 0 spiro atoms. The maximum Gasteiger partial charge on any atom is 0.291 e. The van der Waals surface area contributed by atoms with Crippen LogP contribution in [-0.2, 0) is 0 Å². The van der Waals surface area contributed by atoms with Gasteiger partial charge in [-0.25, -0.2) is 4.68 Å². The van der Waals surface area contributed by atoms with Gasteiger partial charge in [0.15, 0.2) is 5.82 Å². The van der Waals surface area contributed by atoms with Gasteiger partial charge in [0.1, 0.15) is 11.4 Å².